The number of hydrogen-bond donors (Lipinski definition) is 2. The number of benzene rings is 6. The van der Waals surface area contributed by atoms with Gasteiger partial charge in [-0.25, -0.2) is 0 Å². The van der Waals surface area contributed by atoms with E-state index < -0.39 is 15.8 Å². The second-order valence-corrected chi connectivity index (χ2v) is 13.7. The summed E-state index contributed by atoms with van der Waals surface area (Å²) >= 11 is 0. The fraction of sp³-hybridized carbons (Fsp3) is 0. The van der Waals surface area contributed by atoms with Gasteiger partial charge in [0.15, 0.2) is 0 Å². The van der Waals surface area contributed by atoms with E-state index in [0.29, 0.717) is 11.1 Å². The molecule has 2 N–H and O–H groups in total. The van der Waals surface area contributed by atoms with Gasteiger partial charge in [0.25, 0.3) is 0 Å². The molecule has 0 spiro atoms. The zero-order valence-electron chi connectivity index (χ0n) is 21.8. The van der Waals surface area contributed by atoms with Crippen molar-refractivity contribution in [3.05, 3.63) is 158 Å². The van der Waals surface area contributed by atoms with Crippen LogP contribution in [0.25, 0.3) is 11.1 Å². The van der Waals surface area contributed by atoms with Crippen molar-refractivity contribution in [2.75, 3.05) is 0 Å². The highest BCUT2D eigenvalue weighted by molar-refractivity contribution is 7.80. The summed E-state index contributed by atoms with van der Waals surface area (Å²) < 4.78 is 0. The Morgan fingerprint density at radius 2 is 0.575 bits per heavy atom. The minimum Gasteiger partial charge on any atom is -0.507 e. The van der Waals surface area contributed by atoms with Gasteiger partial charge in [-0.3, -0.25) is 0 Å². The second-order valence-electron chi connectivity index (χ2n) is 9.36. The summed E-state index contributed by atoms with van der Waals surface area (Å²) in [6.45, 7) is 0. The zero-order chi connectivity index (χ0) is 27.3. The molecule has 0 fully saturated rings. The fourth-order valence-corrected chi connectivity index (χ4v) is 10.1. The SMILES string of the molecule is Oc1cccc(P(c2ccccc2)c2ccccc2)c1-c1c(O)cccc1P(c1ccccc1)c1ccccc1. The second kappa shape index (κ2) is 11.9. The van der Waals surface area contributed by atoms with Crippen molar-refractivity contribution < 1.29 is 10.2 Å². The van der Waals surface area contributed by atoms with E-state index in [-0.39, 0.29) is 11.5 Å². The van der Waals surface area contributed by atoms with Crippen LogP contribution in [-0.2, 0) is 0 Å². The van der Waals surface area contributed by atoms with Crippen LogP contribution in [0.2, 0.25) is 0 Å². The lowest BCUT2D eigenvalue weighted by atomic mass is 10.0. The van der Waals surface area contributed by atoms with Crippen LogP contribution < -0.4 is 31.8 Å². The summed E-state index contributed by atoms with van der Waals surface area (Å²) in [5, 5.41) is 29.9. The Labute approximate surface area is 237 Å². The molecule has 0 unspecified atom stereocenters. The lowest BCUT2D eigenvalue weighted by Gasteiger charge is -2.27. The van der Waals surface area contributed by atoms with Crippen molar-refractivity contribution >= 4 is 47.7 Å². The molecule has 4 heteroatoms. The van der Waals surface area contributed by atoms with Crippen molar-refractivity contribution in [2.24, 2.45) is 0 Å². The Balaban J connectivity index is 1.65. The molecule has 194 valence electrons. The average Bonchev–Trinajstić information content (AvgIpc) is 3.01. The predicted molar refractivity (Wildman–Crippen MR) is 173 cm³/mol. The van der Waals surface area contributed by atoms with Gasteiger partial charge in [-0.05, 0) is 59.8 Å². The van der Waals surface area contributed by atoms with Crippen molar-refractivity contribution in [1.29, 1.82) is 0 Å². The van der Waals surface area contributed by atoms with Crippen LogP contribution in [0.15, 0.2) is 158 Å². The summed E-state index contributed by atoms with van der Waals surface area (Å²) in [5.41, 5.74) is 1.38. The lowest BCUT2D eigenvalue weighted by Crippen LogP contribution is -2.25. The topological polar surface area (TPSA) is 40.5 Å². The highest BCUT2D eigenvalue weighted by Gasteiger charge is 2.28. The van der Waals surface area contributed by atoms with E-state index in [1.165, 1.54) is 21.2 Å². The summed E-state index contributed by atoms with van der Waals surface area (Å²) in [6, 6.07) is 53.3. The maximum atomic E-state index is 11.6. The van der Waals surface area contributed by atoms with E-state index >= 15 is 0 Å². The molecule has 6 rings (SSSR count). The van der Waals surface area contributed by atoms with Crippen LogP contribution in [0.4, 0.5) is 0 Å². The first-order valence-corrected chi connectivity index (χ1v) is 15.9. The normalized spacial score (nSPS) is 11.2. The van der Waals surface area contributed by atoms with Gasteiger partial charge in [-0.1, -0.05) is 146 Å². The Morgan fingerprint density at radius 3 is 0.850 bits per heavy atom. The molecule has 0 aliphatic heterocycles. The third-order valence-electron chi connectivity index (χ3n) is 6.83. The van der Waals surface area contributed by atoms with Gasteiger partial charge in [0.05, 0.1) is 0 Å². The highest BCUT2D eigenvalue weighted by atomic mass is 31.1. The van der Waals surface area contributed by atoms with Gasteiger partial charge in [0.1, 0.15) is 11.5 Å². The van der Waals surface area contributed by atoms with Gasteiger partial charge >= 0.3 is 0 Å². The minimum atomic E-state index is -1.02. The molecule has 6 aromatic carbocycles. The average molecular weight is 555 g/mol. The molecule has 0 aromatic heterocycles. The molecular weight excluding hydrogens is 526 g/mol. The number of rotatable bonds is 7. The Kier molecular flexibility index (Phi) is 7.73. The first-order valence-electron chi connectivity index (χ1n) is 13.2. The largest absolute Gasteiger partial charge is 0.507 e. The molecule has 0 radical (unpaired) electrons. The summed E-state index contributed by atoms with van der Waals surface area (Å²) in [4.78, 5) is 0. The van der Waals surface area contributed by atoms with E-state index in [2.05, 4.69) is 109 Å². The van der Waals surface area contributed by atoms with Crippen molar-refractivity contribution in [3.63, 3.8) is 0 Å². The predicted octanol–water partition coefficient (Wildman–Crippen LogP) is 6.28. The molecular formula is C36H28O2P2. The summed E-state index contributed by atoms with van der Waals surface area (Å²) in [6.07, 6.45) is 0. The number of phenolic OH excluding ortho intramolecular Hbond substituents is 2. The maximum Gasteiger partial charge on any atom is 0.124 e. The van der Waals surface area contributed by atoms with E-state index in [1.807, 2.05) is 36.4 Å². The quantitative estimate of drug-likeness (QED) is 0.228. The highest BCUT2D eigenvalue weighted by Crippen LogP contribution is 2.46. The number of phenols is 2. The molecule has 0 heterocycles. The molecule has 6 aromatic rings. The third kappa shape index (κ3) is 5.17. The van der Waals surface area contributed by atoms with Crippen LogP contribution in [0.3, 0.4) is 0 Å². The Bertz CT molecular complexity index is 1500. The first-order chi connectivity index (χ1) is 19.7. The monoisotopic (exact) mass is 554 g/mol. The van der Waals surface area contributed by atoms with E-state index in [0.717, 1.165) is 10.6 Å². The number of hydrogen-bond acceptors (Lipinski definition) is 2. The standard InChI is InChI=1S/C36H28O2P2/c37-31-23-13-25-33(39(27-15-5-1-6-16-27)28-17-7-2-8-18-28)35(31)36-32(38)24-14-26-34(36)40(29-19-9-3-10-20-29)30-21-11-4-12-22-30/h1-26,37-38H. The fourth-order valence-electron chi connectivity index (χ4n) is 5.10. The molecule has 0 saturated carbocycles. The van der Waals surface area contributed by atoms with E-state index in [1.54, 1.807) is 12.1 Å². The molecule has 0 amide bonds. The summed E-state index contributed by atoms with van der Waals surface area (Å²) in [7, 11) is -2.05. The molecule has 40 heavy (non-hydrogen) atoms. The molecule has 0 atom stereocenters. The van der Waals surface area contributed by atoms with Gasteiger partial charge in [0.2, 0.25) is 0 Å². The summed E-state index contributed by atoms with van der Waals surface area (Å²) in [5.74, 6) is 0.325. The van der Waals surface area contributed by atoms with Crippen molar-refractivity contribution in [1.82, 2.24) is 0 Å². The third-order valence-corrected chi connectivity index (χ3v) is 11.8. The Morgan fingerprint density at radius 1 is 0.300 bits per heavy atom. The van der Waals surface area contributed by atoms with Crippen LogP contribution in [0.5, 0.6) is 11.5 Å². The van der Waals surface area contributed by atoms with Gasteiger partial charge in [-0.2, -0.15) is 0 Å². The molecule has 2 nitrogen and oxygen atoms in total. The smallest absolute Gasteiger partial charge is 0.124 e. The maximum absolute atomic E-state index is 11.6. The number of aromatic hydroxyl groups is 2. The first kappa shape index (κ1) is 26.0. The van der Waals surface area contributed by atoms with Gasteiger partial charge < -0.3 is 10.2 Å². The molecule has 0 aliphatic carbocycles. The van der Waals surface area contributed by atoms with Crippen LogP contribution in [-0.4, -0.2) is 10.2 Å². The van der Waals surface area contributed by atoms with Gasteiger partial charge in [0, 0.05) is 11.1 Å². The van der Waals surface area contributed by atoms with E-state index in [4.69, 9.17) is 0 Å². The zero-order valence-corrected chi connectivity index (χ0v) is 23.6. The van der Waals surface area contributed by atoms with Crippen molar-refractivity contribution in [2.45, 2.75) is 0 Å². The van der Waals surface area contributed by atoms with Crippen molar-refractivity contribution in [3.8, 4) is 22.6 Å². The lowest BCUT2D eigenvalue weighted by molar-refractivity contribution is 0.470. The molecule has 0 bridgehead atoms. The van der Waals surface area contributed by atoms with Crippen LogP contribution in [0.1, 0.15) is 0 Å². The molecule has 0 saturated heterocycles. The van der Waals surface area contributed by atoms with Gasteiger partial charge in [-0.15, -0.1) is 0 Å². The van der Waals surface area contributed by atoms with Crippen LogP contribution >= 0.6 is 15.8 Å². The van der Waals surface area contributed by atoms with E-state index in [9.17, 15) is 10.2 Å². The Hall–Kier alpha value is -4.22. The van der Waals surface area contributed by atoms with Crippen LogP contribution in [0, 0.1) is 0 Å². The minimum absolute atomic E-state index is 0.163. The molecule has 0 aliphatic rings.